The van der Waals surface area contributed by atoms with Crippen molar-refractivity contribution in [1.82, 2.24) is 15.5 Å². The van der Waals surface area contributed by atoms with E-state index in [0.717, 1.165) is 31.2 Å². The van der Waals surface area contributed by atoms with Gasteiger partial charge < -0.3 is 9.84 Å². The molecule has 90 valence electrons. The molecule has 0 spiro atoms. The predicted molar refractivity (Wildman–Crippen MR) is 66.2 cm³/mol. The molecule has 0 aliphatic carbocycles. The lowest BCUT2D eigenvalue weighted by Crippen LogP contribution is -2.08. The van der Waals surface area contributed by atoms with Gasteiger partial charge in [0.1, 0.15) is 0 Å². The number of rotatable bonds is 3. The summed E-state index contributed by atoms with van der Waals surface area (Å²) in [6.07, 6.45) is 0.774. The van der Waals surface area contributed by atoms with Crippen molar-refractivity contribution in [3.05, 3.63) is 34.1 Å². The molecule has 1 aliphatic rings. The van der Waals surface area contributed by atoms with Gasteiger partial charge >= 0.3 is 0 Å². The summed E-state index contributed by atoms with van der Waals surface area (Å²) in [6.45, 7) is 4.20. The summed E-state index contributed by atoms with van der Waals surface area (Å²) in [4.78, 5) is 5.78. The van der Waals surface area contributed by atoms with Crippen molar-refractivity contribution in [1.29, 1.82) is 0 Å². The van der Waals surface area contributed by atoms with Crippen molar-refractivity contribution >= 4 is 11.3 Å². The van der Waals surface area contributed by atoms with Crippen molar-refractivity contribution in [3.63, 3.8) is 0 Å². The summed E-state index contributed by atoms with van der Waals surface area (Å²) in [7, 11) is 0. The topological polar surface area (TPSA) is 51.0 Å². The van der Waals surface area contributed by atoms with Gasteiger partial charge in [-0.1, -0.05) is 18.1 Å². The number of thiophene rings is 1. The van der Waals surface area contributed by atoms with E-state index >= 15 is 0 Å². The maximum atomic E-state index is 5.37. The van der Waals surface area contributed by atoms with Crippen molar-refractivity contribution < 1.29 is 4.52 Å². The zero-order chi connectivity index (χ0) is 11.7. The van der Waals surface area contributed by atoms with Gasteiger partial charge in [0, 0.05) is 17.8 Å². The SMILES string of the molecule is C[C@@H]1CNC[C@H]1c1nc(Cc2cccs2)no1. The summed E-state index contributed by atoms with van der Waals surface area (Å²) in [5.74, 6) is 2.53. The first-order chi connectivity index (χ1) is 8.33. The molecule has 2 aromatic rings. The lowest BCUT2D eigenvalue weighted by atomic mass is 9.98. The Morgan fingerprint density at radius 3 is 3.18 bits per heavy atom. The molecule has 1 N–H and O–H groups in total. The van der Waals surface area contributed by atoms with Crippen LogP contribution in [0.2, 0.25) is 0 Å². The highest BCUT2D eigenvalue weighted by Crippen LogP contribution is 2.26. The second-order valence-electron chi connectivity index (χ2n) is 4.55. The highest BCUT2D eigenvalue weighted by atomic mass is 32.1. The summed E-state index contributed by atoms with van der Waals surface area (Å²) >= 11 is 1.73. The predicted octanol–water partition coefficient (Wildman–Crippen LogP) is 2.04. The molecule has 1 saturated heterocycles. The average molecular weight is 249 g/mol. The minimum atomic E-state index is 0.375. The van der Waals surface area contributed by atoms with Gasteiger partial charge in [-0.25, -0.2) is 0 Å². The van der Waals surface area contributed by atoms with Crippen molar-refractivity contribution in [2.24, 2.45) is 5.92 Å². The molecule has 1 fully saturated rings. The number of hydrogen-bond acceptors (Lipinski definition) is 5. The van der Waals surface area contributed by atoms with Crippen LogP contribution in [-0.2, 0) is 6.42 Å². The third-order valence-electron chi connectivity index (χ3n) is 3.23. The fourth-order valence-corrected chi connectivity index (χ4v) is 2.90. The molecule has 2 aromatic heterocycles. The van der Waals surface area contributed by atoms with Crippen LogP contribution in [0.1, 0.15) is 29.4 Å². The maximum absolute atomic E-state index is 5.37. The van der Waals surface area contributed by atoms with E-state index in [0.29, 0.717) is 11.8 Å². The van der Waals surface area contributed by atoms with E-state index in [9.17, 15) is 0 Å². The number of nitrogens with one attached hydrogen (secondary N) is 1. The fraction of sp³-hybridized carbons (Fsp3) is 0.500. The monoisotopic (exact) mass is 249 g/mol. The Bertz CT molecular complexity index is 480. The molecule has 5 heteroatoms. The molecule has 0 bridgehead atoms. The van der Waals surface area contributed by atoms with Crippen LogP contribution < -0.4 is 5.32 Å². The molecule has 2 atom stereocenters. The molecule has 3 heterocycles. The fourth-order valence-electron chi connectivity index (χ4n) is 2.20. The highest BCUT2D eigenvalue weighted by molar-refractivity contribution is 7.09. The second kappa shape index (κ2) is 4.58. The lowest BCUT2D eigenvalue weighted by molar-refractivity contribution is 0.337. The third-order valence-corrected chi connectivity index (χ3v) is 4.11. The van der Waals surface area contributed by atoms with Gasteiger partial charge in [0.25, 0.3) is 0 Å². The average Bonchev–Trinajstić information content (AvgIpc) is 3.00. The number of hydrogen-bond donors (Lipinski definition) is 1. The van der Waals surface area contributed by atoms with Gasteiger partial charge in [-0.3, -0.25) is 0 Å². The van der Waals surface area contributed by atoms with E-state index in [2.05, 4.69) is 33.8 Å². The quantitative estimate of drug-likeness (QED) is 0.904. The zero-order valence-electron chi connectivity index (χ0n) is 9.72. The van der Waals surface area contributed by atoms with Gasteiger partial charge in [-0.2, -0.15) is 4.98 Å². The van der Waals surface area contributed by atoms with Crippen molar-refractivity contribution in [3.8, 4) is 0 Å². The van der Waals surface area contributed by atoms with Gasteiger partial charge in [0.2, 0.25) is 5.89 Å². The van der Waals surface area contributed by atoms with E-state index in [-0.39, 0.29) is 0 Å². The number of nitrogens with zero attached hydrogens (tertiary/aromatic N) is 2. The van der Waals surface area contributed by atoms with Gasteiger partial charge in [0.05, 0.1) is 5.92 Å². The first-order valence-corrected chi connectivity index (χ1v) is 6.76. The van der Waals surface area contributed by atoms with Crippen LogP contribution >= 0.6 is 11.3 Å². The van der Waals surface area contributed by atoms with E-state index in [4.69, 9.17) is 4.52 Å². The van der Waals surface area contributed by atoms with E-state index in [1.807, 2.05) is 6.07 Å². The first kappa shape index (κ1) is 10.9. The summed E-state index contributed by atoms with van der Waals surface area (Å²) < 4.78 is 5.37. The molecule has 4 nitrogen and oxygen atoms in total. The summed E-state index contributed by atoms with van der Waals surface area (Å²) in [5.41, 5.74) is 0. The molecule has 1 aliphatic heterocycles. The van der Waals surface area contributed by atoms with Crippen LogP contribution in [0.5, 0.6) is 0 Å². The van der Waals surface area contributed by atoms with Crippen molar-refractivity contribution in [2.75, 3.05) is 13.1 Å². The molecule has 0 aromatic carbocycles. The smallest absolute Gasteiger partial charge is 0.231 e. The Morgan fingerprint density at radius 2 is 2.47 bits per heavy atom. The molecule has 0 saturated carbocycles. The highest BCUT2D eigenvalue weighted by Gasteiger charge is 2.29. The van der Waals surface area contributed by atoms with Crippen LogP contribution in [0, 0.1) is 5.92 Å². The van der Waals surface area contributed by atoms with Crippen LogP contribution in [-0.4, -0.2) is 23.2 Å². The van der Waals surface area contributed by atoms with Gasteiger partial charge in [0.15, 0.2) is 5.82 Å². The molecular formula is C12H15N3OS. The Labute approximate surface area is 104 Å². The third kappa shape index (κ3) is 2.25. The Balaban J connectivity index is 1.74. The first-order valence-electron chi connectivity index (χ1n) is 5.88. The minimum Gasteiger partial charge on any atom is -0.339 e. The standard InChI is InChI=1S/C12H15N3OS/c1-8-6-13-7-10(8)12-14-11(15-16-12)5-9-3-2-4-17-9/h2-4,8,10,13H,5-7H2,1H3/t8-,10-/m1/s1. The van der Waals surface area contributed by atoms with Crippen LogP contribution in [0.4, 0.5) is 0 Å². The summed E-state index contributed by atoms with van der Waals surface area (Å²) in [6, 6.07) is 4.14. The van der Waals surface area contributed by atoms with E-state index < -0.39 is 0 Å². The molecule has 0 amide bonds. The van der Waals surface area contributed by atoms with Gasteiger partial charge in [-0.15, -0.1) is 11.3 Å². The largest absolute Gasteiger partial charge is 0.339 e. The molecular weight excluding hydrogens is 234 g/mol. The van der Waals surface area contributed by atoms with E-state index in [1.54, 1.807) is 11.3 Å². The normalized spacial score (nSPS) is 24.3. The zero-order valence-corrected chi connectivity index (χ0v) is 10.5. The second-order valence-corrected chi connectivity index (χ2v) is 5.58. The maximum Gasteiger partial charge on any atom is 0.231 e. The van der Waals surface area contributed by atoms with Crippen molar-refractivity contribution in [2.45, 2.75) is 19.3 Å². The molecule has 3 rings (SSSR count). The molecule has 17 heavy (non-hydrogen) atoms. The molecule has 0 unspecified atom stereocenters. The van der Waals surface area contributed by atoms with Crippen LogP contribution in [0.15, 0.2) is 22.0 Å². The number of aromatic nitrogens is 2. The van der Waals surface area contributed by atoms with Gasteiger partial charge in [-0.05, 0) is 23.9 Å². The Hall–Kier alpha value is -1.20. The van der Waals surface area contributed by atoms with E-state index in [1.165, 1.54) is 4.88 Å². The summed E-state index contributed by atoms with van der Waals surface area (Å²) in [5, 5.41) is 9.48. The van der Waals surface area contributed by atoms with Crippen LogP contribution in [0.25, 0.3) is 0 Å². The molecule has 0 radical (unpaired) electrons. The van der Waals surface area contributed by atoms with Crippen LogP contribution in [0.3, 0.4) is 0 Å². The Kier molecular flexibility index (Phi) is 2.94. The minimum absolute atomic E-state index is 0.375. The Morgan fingerprint density at radius 1 is 1.53 bits per heavy atom. The lowest BCUT2D eigenvalue weighted by Gasteiger charge is -2.07.